The number of amides is 1. The van der Waals surface area contributed by atoms with Gasteiger partial charge in [0.15, 0.2) is 9.80 Å². The zero-order valence-corrected chi connectivity index (χ0v) is 13.2. The smallest absolute Gasteiger partial charge is 0.261 e. The Labute approximate surface area is 132 Å². The molecule has 0 saturated heterocycles. The summed E-state index contributed by atoms with van der Waals surface area (Å²) in [4.78, 5) is 16.5. The minimum atomic E-state index is -0.304. The van der Waals surface area contributed by atoms with Gasteiger partial charge in [0.05, 0.1) is 23.6 Å². The van der Waals surface area contributed by atoms with Crippen LogP contribution in [-0.2, 0) is 0 Å². The highest BCUT2D eigenvalue weighted by Crippen LogP contribution is 2.34. The number of aromatic nitrogens is 1. The molecule has 2 aromatic heterocycles. The molecule has 0 atom stereocenters. The molecule has 3 rings (SSSR count). The van der Waals surface area contributed by atoms with Gasteiger partial charge in [-0.2, -0.15) is 0 Å². The van der Waals surface area contributed by atoms with Crippen LogP contribution in [0.4, 0.5) is 10.8 Å². The Kier molecular flexibility index (Phi) is 3.56. The van der Waals surface area contributed by atoms with Crippen LogP contribution in [0.2, 0.25) is 0 Å². The third-order valence-corrected chi connectivity index (χ3v) is 4.32. The predicted octanol–water partition coefficient (Wildman–Crippen LogP) is 3.49. The highest BCUT2D eigenvalue weighted by molar-refractivity contribution is 9.10. The SMILES string of the molecule is COc1cc(N)cc2sc(NC(=O)c3ccoc3Br)nc12. The molecule has 0 radical (unpaired) electrons. The molecule has 0 aliphatic rings. The number of carbonyl (C=O) groups excluding carboxylic acids is 1. The Bertz CT molecular complexity index is 827. The molecule has 1 amide bonds. The van der Waals surface area contributed by atoms with Crippen molar-refractivity contribution in [2.24, 2.45) is 0 Å². The quantitative estimate of drug-likeness (QED) is 0.691. The van der Waals surface area contributed by atoms with Crippen molar-refractivity contribution < 1.29 is 13.9 Å². The first-order chi connectivity index (χ1) is 10.1. The van der Waals surface area contributed by atoms with Gasteiger partial charge in [0, 0.05) is 11.8 Å². The number of hydrogen-bond donors (Lipinski definition) is 2. The van der Waals surface area contributed by atoms with Crippen molar-refractivity contribution in [2.45, 2.75) is 0 Å². The van der Waals surface area contributed by atoms with Crippen LogP contribution in [0.25, 0.3) is 10.2 Å². The van der Waals surface area contributed by atoms with E-state index in [1.165, 1.54) is 17.6 Å². The van der Waals surface area contributed by atoms with E-state index in [1.807, 2.05) is 0 Å². The number of nitrogens with two attached hydrogens (primary N) is 1. The summed E-state index contributed by atoms with van der Waals surface area (Å²) in [6.07, 6.45) is 1.43. The first kappa shape index (κ1) is 13.9. The number of halogens is 1. The Morgan fingerprint density at radius 1 is 1.52 bits per heavy atom. The third kappa shape index (κ3) is 2.59. The molecule has 0 saturated carbocycles. The van der Waals surface area contributed by atoms with Crippen molar-refractivity contribution in [1.82, 2.24) is 4.98 Å². The van der Waals surface area contributed by atoms with E-state index in [4.69, 9.17) is 14.9 Å². The number of nitrogens with one attached hydrogen (secondary N) is 1. The Morgan fingerprint density at radius 3 is 3.00 bits per heavy atom. The van der Waals surface area contributed by atoms with Crippen molar-refractivity contribution in [3.05, 3.63) is 34.7 Å². The number of hydrogen-bond acceptors (Lipinski definition) is 6. The molecular formula is C13H10BrN3O3S. The molecule has 0 aliphatic carbocycles. The number of ether oxygens (including phenoxy) is 1. The van der Waals surface area contributed by atoms with Gasteiger partial charge in [0.25, 0.3) is 5.91 Å². The molecule has 0 spiro atoms. The van der Waals surface area contributed by atoms with Gasteiger partial charge >= 0.3 is 0 Å². The van der Waals surface area contributed by atoms with Gasteiger partial charge in [0.2, 0.25) is 0 Å². The van der Waals surface area contributed by atoms with E-state index >= 15 is 0 Å². The topological polar surface area (TPSA) is 90.4 Å². The Hall–Kier alpha value is -2.06. The molecule has 1 aromatic carbocycles. The number of fused-ring (bicyclic) bond motifs is 1. The van der Waals surface area contributed by atoms with Crippen LogP contribution in [0.15, 0.2) is 33.5 Å². The van der Waals surface area contributed by atoms with E-state index in [0.29, 0.717) is 32.3 Å². The van der Waals surface area contributed by atoms with Crippen LogP contribution < -0.4 is 15.8 Å². The molecule has 6 nitrogen and oxygen atoms in total. The summed E-state index contributed by atoms with van der Waals surface area (Å²) in [5.41, 5.74) is 7.45. The number of methoxy groups -OCH3 is 1. The average Bonchev–Trinajstić information content (AvgIpc) is 3.03. The second-order valence-electron chi connectivity index (χ2n) is 4.15. The maximum Gasteiger partial charge on any atom is 0.261 e. The fourth-order valence-electron chi connectivity index (χ4n) is 1.85. The van der Waals surface area contributed by atoms with Crippen LogP contribution >= 0.6 is 27.3 Å². The van der Waals surface area contributed by atoms with E-state index in [0.717, 1.165) is 4.70 Å². The number of carbonyl (C=O) groups is 1. The maximum atomic E-state index is 12.1. The summed E-state index contributed by atoms with van der Waals surface area (Å²) in [7, 11) is 1.55. The second-order valence-corrected chi connectivity index (χ2v) is 5.90. The van der Waals surface area contributed by atoms with Crippen molar-refractivity contribution in [1.29, 1.82) is 0 Å². The Balaban J connectivity index is 1.95. The molecular weight excluding hydrogens is 358 g/mol. The lowest BCUT2D eigenvalue weighted by atomic mass is 10.3. The number of nitrogen functional groups attached to an aromatic ring is 1. The standard InChI is InChI=1S/C13H10BrN3O3S/c1-19-8-4-6(15)5-9-10(8)16-13(21-9)17-12(18)7-2-3-20-11(7)14/h2-5H,15H2,1H3,(H,16,17,18). The summed E-state index contributed by atoms with van der Waals surface area (Å²) >= 11 is 4.49. The summed E-state index contributed by atoms with van der Waals surface area (Å²) in [5, 5.41) is 3.19. The summed E-state index contributed by atoms with van der Waals surface area (Å²) in [6, 6.07) is 5.06. The molecule has 3 aromatic rings. The first-order valence-electron chi connectivity index (χ1n) is 5.87. The normalized spacial score (nSPS) is 10.8. The van der Waals surface area contributed by atoms with Gasteiger partial charge < -0.3 is 14.9 Å². The molecule has 108 valence electrons. The lowest BCUT2D eigenvalue weighted by molar-refractivity contribution is 0.102. The summed E-state index contributed by atoms with van der Waals surface area (Å²) in [5.74, 6) is 0.271. The largest absolute Gasteiger partial charge is 0.494 e. The molecule has 2 heterocycles. The fraction of sp³-hybridized carbons (Fsp3) is 0.0769. The average molecular weight is 368 g/mol. The zero-order chi connectivity index (χ0) is 15.0. The second kappa shape index (κ2) is 5.38. The van der Waals surface area contributed by atoms with Crippen LogP contribution in [-0.4, -0.2) is 18.0 Å². The van der Waals surface area contributed by atoms with Crippen LogP contribution in [0.1, 0.15) is 10.4 Å². The van der Waals surface area contributed by atoms with E-state index in [2.05, 4.69) is 26.2 Å². The van der Waals surface area contributed by atoms with Gasteiger partial charge in [-0.3, -0.25) is 10.1 Å². The van der Waals surface area contributed by atoms with E-state index in [9.17, 15) is 4.79 Å². The monoisotopic (exact) mass is 367 g/mol. The number of anilines is 2. The van der Waals surface area contributed by atoms with Crippen molar-refractivity contribution >= 4 is 54.2 Å². The molecule has 0 fully saturated rings. The van der Waals surface area contributed by atoms with Gasteiger partial charge in [-0.05, 0) is 28.1 Å². The van der Waals surface area contributed by atoms with Crippen molar-refractivity contribution in [3.8, 4) is 5.75 Å². The minimum absolute atomic E-state index is 0.304. The van der Waals surface area contributed by atoms with E-state index in [-0.39, 0.29) is 5.91 Å². The molecule has 0 aliphatic heterocycles. The van der Waals surface area contributed by atoms with E-state index < -0.39 is 0 Å². The molecule has 8 heteroatoms. The first-order valence-corrected chi connectivity index (χ1v) is 7.48. The molecule has 3 N–H and O–H groups in total. The number of benzene rings is 1. The fourth-order valence-corrected chi connectivity index (χ4v) is 3.20. The minimum Gasteiger partial charge on any atom is -0.494 e. The molecule has 0 unspecified atom stereocenters. The van der Waals surface area contributed by atoms with Gasteiger partial charge in [0.1, 0.15) is 11.3 Å². The number of rotatable bonds is 3. The highest BCUT2D eigenvalue weighted by atomic mass is 79.9. The lowest BCUT2D eigenvalue weighted by Crippen LogP contribution is -2.11. The number of nitrogens with zero attached hydrogens (tertiary/aromatic N) is 1. The number of furan rings is 1. The maximum absolute atomic E-state index is 12.1. The summed E-state index contributed by atoms with van der Waals surface area (Å²) < 4.78 is 11.5. The zero-order valence-electron chi connectivity index (χ0n) is 10.8. The third-order valence-electron chi connectivity index (χ3n) is 2.79. The van der Waals surface area contributed by atoms with Gasteiger partial charge in [-0.15, -0.1) is 0 Å². The van der Waals surface area contributed by atoms with Gasteiger partial charge in [-0.25, -0.2) is 4.98 Å². The van der Waals surface area contributed by atoms with Crippen LogP contribution in [0.5, 0.6) is 5.75 Å². The van der Waals surface area contributed by atoms with Crippen molar-refractivity contribution in [3.63, 3.8) is 0 Å². The van der Waals surface area contributed by atoms with Gasteiger partial charge in [-0.1, -0.05) is 11.3 Å². The van der Waals surface area contributed by atoms with Crippen LogP contribution in [0.3, 0.4) is 0 Å². The summed E-state index contributed by atoms with van der Waals surface area (Å²) in [6.45, 7) is 0. The molecule has 21 heavy (non-hydrogen) atoms. The highest BCUT2D eigenvalue weighted by Gasteiger charge is 2.16. The lowest BCUT2D eigenvalue weighted by Gasteiger charge is -2.01. The van der Waals surface area contributed by atoms with Crippen molar-refractivity contribution in [2.75, 3.05) is 18.2 Å². The Morgan fingerprint density at radius 2 is 2.33 bits per heavy atom. The molecule has 0 bridgehead atoms. The predicted molar refractivity (Wildman–Crippen MR) is 84.9 cm³/mol. The van der Waals surface area contributed by atoms with Crippen LogP contribution in [0, 0.1) is 0 Å². The number of thiazole rings is 1. The van der Waals surface area contributed by atoms with E-state index in [1.54, 1.807) is 25.3 Å².